The van der Waals surface area contributed by atoms with Crippen LogP contribution in [0, 0.1) is 0 Å². The number of ether oxygens (including phenoxy) is 1. The summed E-state index contributed by atoms with van der Waals surface area (Å²) in [7, 11) is 0. The van der Waals surface area contributed by atoms with E-state index in [1.807, 2.05) is 0 Å². The molecule has 11 heavy (non-hydrogen) atoms. The molecule has 0 rings (SSSR count). The van der Waals surface area contributed by atoms with Gasteiger partial charge in [-0.15, -0.1) is 0 Å². The van der Waals surface area contributed by atoms with E-state index >= 15 is 0 Å². The number of rotatable bonds is 3. The van der Waals surface area contributed by atoms with Crippen molar-refractivity contribution in [3.8, 4) is 0 Å². The summed E-state index contributed by atoms with van der Waals surface area (Å²) in [4.78, 5) is 20.5. The summed E-state index contributed by atoms with van der Waals surface area (Å²) >= 11 is 0. The molecule has 0 unspecified atom stereocenters. The van der Waals surface area contributed by atoms with Crippen LogP contribution in [0.1, 0.15) is 13.8 Å². The first-order valence-electron chi connectivity index (χ1n) is 3.12. The van der Waals surface area contributed by atoms with Gasteiger partial charge in [-0.3, -0.25) is 9.59 Å². The van der Waals surface area contributed by atoms with Gasteiger partial charge >= 0.3 is 5.97 Å². The summed E-state index contributed by atoms with van der Waals surface area (Å²) in [6, 6.07) is 0. The molecule has 4 heteroatoms. The molecule has 0 radical (unpaired) electrons. The number of carbonyl (C=O) groups excluding carboxylic acids is 2. The standard InChI is InChI=1S/C7H11NO3/c1-5(3-7(8)10)4-11-6(2)9/h3H,4H2,1-2H3,(H2,8,10)/b5-3+. The van der Waals surface area contributed by atoms with Crippen molar-refractivity contribution in [1.82, 2.24) is 0 Å². The van der Waals surface area contributed by atoms with E-state index in [9.17, 15) is 9.59 Å². The van der Waals surface area contributed by atoms with Gasteiger partial charge in [0.25, 0.3) is 0 Å². The second-order valence-electron chi connectivity index (χ2n) is 2.17. The lowest BCUT2D eigenvalue weighted by Gasteiger charge is -1.99. The van der Waals surface area contributed by atoms with Crippen LogP contribution < -0.4 is 5.73 Å². The average Bonchev–Trinajstić information content (AvgIpc) is 1.82. The van der Waals surface area contributed by atoms with Crippen molar-refractivity contribution in [2.24, 2.45) is 5.73 Å². The lowest BCUT2D eigenvalue weighted by molar-refractivity contribution is -0.140. The highest BCUT2D eigenvalue weighted by molar-refractivity contribution is 5.86. The fourth-order valence-electron chi connectivity index (χ4n) is 0.500. The molecule has 1 amide bonds. The van der Waals surface area contributed by atoms with Gasteiger partial charge in [0, 0.05) is 13.0 Å². The van der Waals surface area contributed by atoms with Crippen LogP contribution in [0.25, 0.3) is 0 Å². The number of primary amides is 1. The molecule has 2 N–H and O–H groups in total. The summed E-state index contributed by atoms with van der Waals surface area (Å²) < 4.78 is 4.59. The fourth-order valence-corrected chi connectivity index (χ4v) is 0.500. The molecule has 0 aromatic heterocycles. The van der Waals surface area contributed by atoms with Crippen LogP contribution in [-0.2, 0) is 14.3 Å². The molecule has 0 fully saturated rings. The Morgan fingerprint density at radius 1 is 1.45 bits per heavy atom. The predicted molar refractivity (Wildman–Crippen MR) is 39.6 cm³/mol. The molecule has 0 aliphatic heterocycles. The van der Waals surface area contributed by atoms with Crippen molar-refractivity contribution in [2.45, 2.75) is 13.8 Å². The Morgan fingerprint density at radius 3 is 2.36 bits per heavy atom. The highest BCUT2D eigenvalue weighted by Gasteiger charge is 1.95. The zero-order valence-corrected chi connectivity index (χ0v) is 6.59. The maximum Gasteiger partial charge on any atom is 0.302 e. The van der Waals surface area contributed by atoms with Crippen molar-refractivity contribution in [2.75, 3.05) is 6.61 Å². The first-order chi connectivity index (χ1) is 5.02. The van der Waals surface area contributed by atoms with Crippen LogP contribution in [0.5, 0.6) is 0 Å². The van der Waals surface area contributed by atoms with Gasteiger partial charge < -0.3 is 10.5 Å². The molecule has 4 nitrogen and oxygen atoms in total. The molecule has 0 bridgehead atoms. The minimum Gasteiger partial charge on any atom is -0.461 e. The molecular weight excluding hydrogens is 146 g/mol. The van der Waals surface area contributed by atoms with Gasteiger partial charge in [0.2, 0.25) is 5.91 Å². The normalized spacial score (nSPS) is 10.9. The Bertz CT molecular complexity index is 196. The molecule has 0 saturated heterocycles. The average molecular weight is 157 g/mol. The molecule has 0 aromatic carbocycles. The highest BCUT2D eigenvalue weighted by Crippen LogP contribution is 1.92. The maximum absolute atomic E-state index is 10.3. The number of hydrogen-bond donors (Lipinski definition) is 1. The molecule has 0 heterocycles. The zero-order chi connectivity index (χ0) is 8.85. The second kappa shape index (κ2) is 4.49. The minimum atomic E-state index is -0.533. The third-order valence-electron chi connectivity index (χ3n) is 0.892. The van der Waals surface area contributed by atoms with Gasteiger partial charge in [-0.1, -0.05) is 0 Å². The summed E-state index contributed by atoms with van der Waals surface area (Å²) in [6.07, 6.45) is 1.23. The fraction of sp³-hybridized carbons (Fsp3) is 0.429. The molecule has 0 aliphatic rings. The van der Waals surface area contributed by atoms with Gasteiger partial charge in [-0.2, -0.15) is 0 Å². The molecule has 0 aliphatic carbocycles. The molecule has 0 saturated carbocycles. The van der Waals surface area contributed by atoms with E-state index in [0.717, 1.165) is 0 Å². The lowest BCUT2D eigenvalue weighted by Crippen LogP contribution is -2.09. The number of carbonyl (C=O) groups is 2. The highest BCUT2D eigenvalue weighted by atomic mass is 16.5. The first kappa shape index (κ1) is 9.68. The van der Waals surface area contributed by atoms with E-state index in [1.54, 1.807) is 6.92 Å². The molecule has 0 atom stereocenters. The van der Waals surface area contributed by atoms with E-state index in [4.69, 9.17) is 5.73 Å². The van der Waals surface area contributed by atoms with Crippen LogP contribution in [0.4, 0.5) is 0 Å². The Hall–Kier alpha value is -1.32. The Kier molecular flexibility index (Phi) is 3.95. The van der Waals surface area contributed by atoms with E-state index in [2.05, 4.69) is 4.74 Å². The van der Waals surface area contributed by atoms with Gasteiger partial charge in [0.05, 0.1) is 0 Å². The van der Waals surface area contributed by atoms with Crippen molar-refractivity contribution in [1.29, 1.82) is 0 Å². The first-order valence-corrected chi connectivity index (χ1v) is 3.12. The van der Waals surface area contributed by atoms with Gasteiger partial charge in [0.15, 0.2) is 0 Å². The van der Waals surface area contributed by atoms with Crippen LogP contribution in [0.15, 0.2) is 11.6 Å². The molecule has 0 aromatic rings. The zero-order valence-electron chi connectivity index (χ0n) is 6.59. The van der Waals surface area contributed by atoms with E-state index in [0.29, 0.717) is 5.57 Å². The van der Waals surface area contributed by atoms with Crippen LogP contribution in [-0.4, -0.2) is 18.5 Å². The topological polar surface area (TPSA) is 69.4 Å². The van der Waals surface area contributed by atoms with Crippen LogP contribution in [0.2, 0.25) is 0 Å². The predicted octanol–water partition coefficient (Wildman–Crippen LogP) is -0.0189. The van der Waals surface area contributed by atoms with Crippen molar-refractivity contribution >= 4 is 11.9 Å². The summed E-state index contributed by atoms with van der Waals surface area (Å²) in [5.74, 6) is -0.906. The van der Waals surface area contributed by atoms with Crippen LogP contribution in [0.3, 0.4) is 0 Å². The summed E-state index contributed by atoms with van der Waals surface area (Å²) in [6.45, 7) is 3.09. The Morgan fingerprint density at radius 2 is 2.00 bits per heavy atom. The van der Waals surface area contributed by atoms with Gasteiger partial charge in [-0.25, -0.2) is 0 Å². The van der Waals surface area contributed by atoms with E-state index < -0.39 is 5.91 Å². The molecular formula is C7H11NO3. The van der Waals surface area contributed by atoms with Crippen molar-refractivity contribution in [3.63, 3.8) is 0 Å². The second-order valence-corrected chi connectivity index (χ2v) is 2.17. The number of esters is 1. The SMILES string of the molecule is CC(=O)OC/C(C)=C/C(N)=O. The van der Waals surface area contributed by atoms with Crippen molar-refractivity contribution < 1.29 is 14.3 Å². The monoisotopic (exact) mass is 157 g/mol. The molecule has 62 valence electrons. The van der Waals surface area contributed by atoms with Gasteiger partial charge in [0.1, 0.15) is 6.61 Å². The third-order valence-corrected chi connectivity index (χ3v) is 0.892. The van der Waals surface area contributed by atoms with E-state index in [-0.39, 0.29) is 12.6 Å². The Labute approximate surface area is 65.0 Å². The smallest absolute Gasteiger partial charge is 0.302 e. The number of nitrogens with two attached hydrogens (primary N) is 1. The largest absolute Gasteiger partial charge is 0.461 e. The van der Waals surface area contributed by atoms with Gasteiger partial charge in [-0.05, 0) is 12.5 Å². The van der Waals surface area contributed by atoms with Crippen molar-refractivity contribution in [3.05, 3.63) is 11.6 Å². The summed E-state index contributed by atoms with van der Waals surface area (Å²) in [5.41, 5.74) is 5.48. The maximum atomic E-state index is 10.3. The number of hydrogen-bond acceptors (Lipinski definition) is 3. The van der Waals surface area contributed by atoms with Crippen LogP contribution >= 0.6 is 0 Å². The minimum absolute atomic E-state index is 0.123. The quantitative estimate of drug-likeness (QED) is 0.462. The Balaban J connectivity index is 3.77. The third kappa shape index (κ3) is 6.57. The lowest BCUT2D eigenvalue weighted by atomic mass is 10.3. The molecule has 0 spiro atoms. The summed E-state index contributed by atoms with van der Waals surface area (Å²) in [5, 5.41) is 0. The number of amides is 1. The van der Waals surface area contributed by atoms with E-state index in [1.165, 1.54) is 13.0 Å².